The Morgan fingerprint density at radius 1 is 0.776 bits per heavy atom. The zero-order chi connectivity index (χ0) is 34.6. The third-order valence-electron chi connectivity index (χ3n) is 10.2. The van der Waals surface area contributed by atoms with Gasteiger partial charge in [0.25, 0.3) is 0 Å². The van der Waals surface area contributed by atoms with Gasteiger partial charge in [0.15, 0.2) is 5.72 Å². The number of benzene rings is 3. The largest absolute Gasteiger partial charge is 0.462 e. The van der Waals surface area contributed by atoms with Gasteiger partial charge in [-0.2, -0.15) is 0 Å². The van der Waals surface area contributed by atoms with Gasteiger partial charge in [-0.15, -0.1) is 0 Å². The van der Waals surface area contributed by atoms with Crippen LogP contribution >= 0.6 is 0 Å². The van der Waals surface area contributed by atoms with Crippen LogP contribution in [0.2, 0.25) is 0 Å². The van der Waals surface area contributed by atoms with Crippen molar-refractivity contribution in [2.45, 2.75) is 53.7 Å². The molecule has 0 amide bonds. The van der Waals surface area contributed by atoms with Crippen LogP contribution in [0.3, 0.4) is 0 Å². The predicted octanol–water partition coefficient (Wildman–Crippen LogP) is 7.31. The molecule has 0 saturated heterocycles. The molecule has 0 spiro atoms. The number of fused-ring (bicyclic) bond motifs is 6. The van der Waals surface area contributed by atoms with Crippen molar-refractivity contribution in [2.24, 2.45) is 10.9 Å². The number of aliphatic hydroxyl groups is 1. The smallest absolute Gasteiger partial charge is 0.343 e. The van der Waals surface area contributed by atoms with Crippen LogP contribution in [-0.4, -0.2) is 47.4 Å². The standard InChI is InChI=1S/C42H39N2O5/c1-7-48-40(45)31-19-13-18-30-35(31)27-15-9-10-16-28(27)39(30)43-37-23(3)25(5)38(26(6)24(37)4)44-42(47)33-21-12-11-17-29(33)36-32(41(46)49-8-2)20-14-22-34(36)42/h9-20,22,33,47H,7-8,21H2,1-6H3/q+1. The van der Waals surface area contributed by atoms with Crippen molar-refractivity contribution < 1.29 is 24.2 Å². The molecular weight excluding hydrogens is 612 g/mol. The van der Waals surface area contributed by atoms with E-state index in [-0.39, 0.29) is 18.5 Å². The molecule has 0 saturated carbocycles. The van der Waals surface area contributed by atoms with Crippen LogP contribution in [0, 0.1) is 5.92 Å². The van der Waals surface area contributed by atoms with Crippen molar-refractivity contribution in [2.75, 3.05) is 13.2 Å². The van der Waals surface area contributed by atoms with Crippen LogP contribution in [0.4, 0.5) is 0 Å². The number of allylic oxidation sites excluding steroid dienone is 7. The Morgan fingerprint density at radius 3 is 2.02 bits per heavy atom. The van der Waals surface area contributed by atoms with Gasteiger partial charge in [-0.25, -0.2) is 14.6 Å². The van der Waals surface area contributed by atoms with Crippen molar-refractivity contribution in [1.29, 1.82) is 0 Å². The minimum absolute atomic E-state index is 0.261. The first-order valence-corrected chi connectivity index (χ1v) is 16.8. The van der Waals surface area contributed by atoms with Gasteiger partial charge in [-0.3, -0.25) is 0 Å². The molecule has 3 aromatic carbocycles. The van der Waals surface area contributed by atoms with E-state index in [2.05, 4.69) is 0 Å². The highest BCUT2D eigenvalue weighted by atomic mass is 16.5. The fraction of sp³-hybridized carbons (Fsp3) is 0.262. The van der Waals surface area contributed by atoms with Gasteiger partial charge in [0, 0.05) is 33.8 Å². The quantitative estimate of drug-likeness (QED) is 0.139. The van der Waals surface area contributed by atoms with Gasteiger partial charge in [0.2, 0.25) is 0 Å². The summed E-state index contributed by atoms with van der Waals surface area (Å²) in [6, 6.07) is 19.1. The summed E-state index contributed by atoms with van der Waals surface area (Å²) in [5.41, 5.74) is 11.2. The maximum absolute atomic E-state index is 13.0. The fourth-order valence-corrected chi connectivity index (χ4v) is 7.63. The summed E-state index contributed by atoms with van der Waals surface area (Å²) < 4.78 is 16.1. The molecule has 1 N–H and O–H groups in total. The van der Waals surface area contributed by atoms with Crippen LogP contribution in [0.15, 0.2) is 106 Å². The molecule has 2 atom stereocenters. The molecule has 3 aromatic rings. The second-order valence-electron chi connectivity index (χ2n) is 12.8. The third-order valence-corrected chi connectivity index (χ3v) is 10.2. The van der Waals surface area contributed by atoms with Crippen LogP contribution in [-0.2, 0) is 15.2 Å². The van der Waals surface area contributed by atoms with E-state index in [1.165, 1.54) is 0 Å². The molecule has 246 valence electrons. The maximum atomic E-state index is 13.0. The van der Waals surface area contributed by atoms with Crippen molar-refractivity contribution >= 4 is 34.6 Å². The summed E-state index contributed by atoms with van der Waals surface area (Å²) in [6.45, 7) is 12.3. The van der Waals surface area contributed by atoms with Crippen LogP contribution in [0.25, 0.3) is 16.7 Å². The Hall–Kier alpha value is -5.36. The number of aliphatic imine (C=N–C) groups is 1. The van der Waals surface area contributed by atoms with E-state index in [0.717, 1.165) is 61.5 Å². The molecule has 7 nitrogen and oxygen atoms in total. The topological polar surface area (TPSA) is 99.3 Å². The van der Waals surface area contributed by atoms with E-state index in [9.17, 15) is 14.7 Å². The molecule has 7 rings (SSSR count). The number of rotatable bonds is 5. The summed E-state index contributed by atoms with van der Waals surface area (Å²) in [5, 5.41) is 12.6. The van der Waals surface area contributed by atoms with E-state index in [1.54, 1.807) is 26.0 Å². The lowest BCUT2D eigenvalue weighted by Gasteiger charge is -2.30. The van der Waals surface area contributed by atoms with Crippen LogP contribution in [0.5, 0.6) is 0 Å². The number of carbonyl (C=O) groups is 2. The van der Waals surface area contributed by atoms with Crippen molar-refractivity contribution in [1.82, 2.24) is 4.67 Å². The average Bonchev–Trinajstić information content (AvgIpc) is 3.57. The first-order valence-electron chi connectivity index (χ1n) is 16.8. The third kappa shape index (κ3) is 4.92. The minimum Gasteiger partial charge on any atom is -0.462 e. The molecule has 0 heterocycles. The van der Waals surface area contributed by atoms with Gasteiger partial charge in [-0.05, 0) is 94.5 Å². The Morgan fingerprint density at radius 2 is 1.37 bits per heavy atom. The van der Waals surface area contributed by atoms with Crippen molar-refractivity contribution in [3.8, 4) is 11.1 Å². The molecule has 0 aromatic heterocycles. The van der Waals surface area contributed by atoms with Gasteiger partial charge >= 0.3 is 23.4 Å². The van der Waals surface area contributed by atoms with Gasteiger partial charge in [-0.1, -0.05) is 59.3 Å². The molecule has 7 heteroatoms. The van der Waals surface area contributed by atoms with Crippen molar-refractivity contribution in [3.05, 3.63) is 135 Å². The fourth-order valence-electron chi connectivity index (χ4n) is 7.63. The zero-order valence-corrected chi connectivity index (χ0v) is 28.7. The summed E-state index contributed by atoms with van der Waals surface area (Å²) in [4.78, 5) is 31.3. The zero-order valence-electron chi connectivity index (χ0n) is 28.7. The highest BCUT2D eigenvalue weighted by molar-refractivity contribution is 6.32. The van der Waals surface area contributed by atoms with Gasteiger partial charge in [0.1, 0.15) is 0 Å². The lowest BCUT2D eigenvalue weighted by Crippen LogP contribution is -2.32. The van der Waals surface area contributed by atoms with E-state index in [4.69, 9.17) is 19.1 Å². The summed E-state index contributed by atoms with van der Waals surface area (Å²) >= 11 is 0. The summed E-state index contributed by atoms with van der Waals surface area (Å²) in [7, 11) is 0. The molecular formula is C42H39N2O5+. The van der Waals surface area contributed by atoms with Gasteiger partial charge < -0.3 is 14.6 Å². The second kappa shape index (κ2) is 12.3. The predicted molar refractivity (Wildman–Crippen MR) is 194 cm³/mol. The molecule has 0 radical (unpaired) electrons. The first kappa shape index (κ1) is 32.2. The monoisotopic (exact) mass is 651 g/mol. The summed E-state index contributed by atoms with van der Waals surface area (Å²) in [6.07, 6.45) is 6.56. The SMILES string of the molecule is CCOC(=O)c1cccc2c1C1=CC=CCC1C2(O)N=C1C(C)=C(C)C(=[N+]=C2c3ccccc3-c3c(C(=O)OCC)cccc32)C(C)=C1C. The lowest BCUT2D eigenvalue weighted by molar-refractivity contribution is 0.0154. The number of hydrogen-bond acceptors (Lipinski definition) is 6. The number of ether oxygens (including phenoxy) is 2. The molecule has 49 heavy (non-hydrogen) atoms. The Kier molecular flexibility index (Phi) is 8.06. The Bertz CT molecular complexity index is 2170. The Balaban J connectivity index is 1.41. The second-order valence-corrected chi connectivity index (χ2v) is 12.8. The number of carbonyl (C=O) groups excluding carboxylic acids is 2. The van der Waals surface area contributed by atoms with Crippen molar-refractivity contribution in [3.63, 3.8) is 0 Å². The lowest BCUT2D eigenvalue weighted by atomic mass is 9.83. The molecule has 2 unspecified atom stereocenters. The highest BCUT2D eigenvalue weighted by Gasteiger charge is 2.51. The molecule has 0 fully saturated rings. The maximum Gasteiger partial charge on any atom is 0.343 e. The minimum atomic E-state index is -1.59. The van der Waals surface area contributed by atoms with Crippen LogP contribution < -0.4 is 4.67 Å². The number of nitrogens with zero attached hydrogens (tertiary/aromatic N) is 2. The number of esters is 2. The summed E-state index contributed by atoms with van der Waals surface area (Å²) in [5.74, 6) is -1.13. The molecule has 0 aliphatic heterocycles. The van der Waals surface area contributed by atoms with Crippen LogP contribution in [0.1, 0.15) is 90.9 Å². The Labute approximate surface area is 286 Å². The van der Waals surface area contributed by atoms with Gasteiger partial charge in [0.05, 0.1) is 41.2 Å². The normalized spacial score (nSPS) is 20.3. The first-order chi connectivity index (χ1) is 23.6. The highest BCUT2D eigenvalue weighted by Crippen LogP contribution is 2.54. The van der Waals surface area contributed by atoms with E-state index < -0.39 is 11.7 Å². The molecule has 4 aliphatic rings. The van der Waals surface area contributed by atoms with E-state index in [0.29, 0.717) is 41.0 Å². The van der Waals surface area contributed by atoms with E-state index >= 15 is 0 Å². The van der Waals surface area contributed by atoms with E-state index in [1.807, 2.05) is 94.5 Å². The molecule has 0 bridgehead atoms. The number of hydrogen-bond donors (Lipinski definition) is 1. The molecule has 4 aliphatic carbocycles. The average molecular weight is 652 g/mol.